The zero-order chi connectivity index (χ0) is 12.5. The van der Waals surface area contributed by atoms with Crippen molar-refractivity contribution in [3.63, 3.8) is 0 Å². The summed E-state index contributed by atoms with van der Waals surface area (Å²) in [5.74, 6) is 1.10. The van der Waals surface area contributed by atoms with Crippen LogP contribution in [0.2, 0.25) is 0 Å². The highest BCUT2D eigenvalue weighted by Gasteiger charge is 2.28. The van der Waals surface area contributed by atoms with Crippen LogP contribution in [0.15, 0.2) is 18.2 Å². The first-order chi connectivity index (χ1) is 8.02. The molecule has 0 unspecified atom stereocenters. The molecule has 1 aromatic rings. The number of nitrogen functional groups attached to an aromatic ring is 1. The van der Waals surface area contributed by atoms with Crippen molar-refractivity contribution < 1.29 is 0 Å². The number of hydrogen-bond donors (Lipinski definition) is 1. The summed E-state index contributed by atoms with van der Waals surface area (Å²) in [7, 11) is 0. The Morgan fingerprint density at radius 1 is 1.47 bits per heavy atom. The molecule has 17 heavy (non-hydrogen) atoms. The summed E-state index contributed by atoms with van der Waals surface area (Å²) < 4.78 is 0.242. The van der Waals surface area contributed by atoms with E-state index in [1.807, 2.05) is 23.9 Å². The second-order valence-electron chi connectivity index (χ2n) is 4.92. The lowest BCUT2D eigenvalue weighted by molar-refractivity contribution is 0.647. The second-order valence-corrected chi connectivity index (χ2v) is 6.72. The van der Waals surface area contributed by atoms with Crippen LogP contribution in [0.5, 0.6) is 0 Å². The Labute approximate surface area is 107 Å². The van der Waals surface area contributed by atoms with Crippen LogP contribution in [0.25, 0.3) is 0 Å². The number of rotatable bonds is 1. The summed E-state index contributed by atoms with van der Waals surface area (Å²) in [6, 6.07) is 7.81. The third kappa shape index (κ3) is 2.67. The quantitative estimate of drug-likeness (QED) is 0.775. The van der Waals surface area contributed by atoms with E-state index < -0.39 is 0 Å². The van der Waals surface area contributed by atoms with Crippen LogP contribution < -0.4 is 10.6 Å². The molecule has 0 radical (unpaired) electrons. The van der Waals surface area contributed by atoms with Crippen molar-refractivity contribution in [1.82, 2.24) is 0 Å². The number of nitriles is 1. The largest absolute Gasteiger partial charge is 0.399 e. The van der Waals surface area contributed by atoms with Crippen LogP contribution in [0.3, 0.4) is 0 Å². The van der Waals surface area contributed by atoms with Crippen molar-refractivity contribution in [2.45, 2.75) is 18.6 Å². The zero-order valence-electron chi connectivity index (χ0n) is 10.2. The van der Waals surface area contributed by atoms with E-state index in [9.17, 15) is 0 Å². The molecule has 1 saturated heterocycles. The van der Waals surface area contributed by atoms with Gasteiger partial charge in [0.2, 0.25) is 0 Å². The fraction of sp³-hybridized carbons (Fsp3) is 0.462. The number of anilines is 2. The highest BCUT2D eigenvalue weighted by Crippen LogP contribution is 2.33. The Morgan fingerprint density at radius 2 is 2.24 bits per heavy atom. The molecule has 2 N–H and O–H groups in total. The maximum Gasteiger partial charge on any atom is 0.101 e. The van der Waals surface area contributed by atoms with Gasteiger partial charge in [0.1, 0.15) is 6.07 Å². The molecule has 2 rings (SSSR count). The summed E-state index contributed by atoms with van der Waals surface area (Å²) in [6.45, 7) is 6.45. The van der Waals surface area contributed by atoms with Crippen LogP contribution in [0, 0.1) is 11.3 Å². The van der Waals surface area contributed by atoms with Crippen molar-refractivity contribution in [1.29, 1.82) is 5.26 Å². The lowest BCUT2D eigenvalue weighted by Gasteiger charge is -2.39. The Hall–Kier alpha value is -1.34. The fourth-order valence-electron chi connectivity index (χ4n) is 2.14. The van der Waals surface area contributed by atoms with Gasteiger partial charge >= 0.3 is 0 Å². The van der Waals surface area contributed by atoms with Crippen LogP contribution >= 0.6 is 11.8 Å². The first-order valence-electron chi connectivity index (χ1n) is 5.70. The van der Waals surface area contributed by atoms with Gasteiger partial charge in [-0.3, -0.25) is 0 Å². The van der Waals surface area contributed by atoms with Crippen molar-refractivity contribution in [3.8, 4) is 6.07 Å². The third-order valence-electron chi connectivity index (χ3n) is 2.91. The van der Waals surface area contributed by atoms with Crippen LogP contribution in [0.1, 0.15) is 19.4 Å². The van der Waals surface area contributed by atoms with Gasteiger partial charge in [-0.05, 0) is 32.0 Å². The van der Waals surface area contributed by atoms with Gasteiger partial charge < -0.3 is 10.6 Å². The van der Waals surface area contributed by atoms with E-state index in [-0.39, 0.29) is 4.75 Å². The lowest BCUT2D eigenvalue weighted by Crippen LogP contribution is -2.43. The number of benzene rings is 1. The molecular weight excluding hydrogens is 230 g/mol. The monoisotopic (exact) mass is 247 g/mol. The molecule has 0 atom stereocenters. The Bertz CT molecular complexity index is 462. The number of hydrogen-bond acceptors (Lipinski definition) is 4. The van der Waals surface area contributed by atoms with Gasteiger partial charge in [-0.1, -0.05) is 0 Å². The smallest absolute Gasteiger partial charge is 0.101 e. The SMILES string of the molecule is CC1(C)CN(c2ccc(N)cc2C#N)CCS1. The maximum absolute atomic E-state index is 9.17. The Balaban J connectivity index is 2.31. The molecule has 1 aliphatic heterocycles. The summed E-state index contributed by atoms with van der Waals surface area (Å²) >= 11 is 1.99. The average molecular weight is 247 g/mol. The molecule has 0 aromatic heterocycles. The van der Waals surface area contributed by atoms with Gasteiger partial charge in [0.25, 0.3) is 0 Å². The zero-order valence-corrected chi connectivity index (χ0v) is 11.0. The van der Waals surface area contributed by atoms with Crippen molar-refractivity contribution in [3.05, 3.63) is 23.8 Å². The standard InChI is InChI=1S/C13H17N3S/c1-13(2)9-16(5-6-17-13)12-4-3-11(15)7-10(12)8-14/h3-4,7H,5-6,9,15H2,1-2H3. The predicted octanol–water partition coefficient (Wildman–Crippen LogP) is 2.47. The van der Waals surface area contributed by atoms with E-state index in [4.69, 9.17) is 11.0 Å². The Morgan fingerprint density at radius 3 is 2.88 bits per heavy atom. The molecule has 0 saturated carbocycles. The molecule has 1 aromatic carbocycles. The molecule has 4 heteroatoms. The third-order valence-corrected chi connectivity index (χ3v) is 4.20. The predicted molar refractivity (Wildman–Crippen MR) is 74.3 cm³/mol. The molecule has 0 spiro atoms. The number of thioether (sulfide) groups is 1. The van der Waals surface area contributed by atoms with Gasteiger partial charge in [0.15, 0.2) is 0 Å². The maximum atomic E-state index is 9.17. The van der Waals surface area contributed by atoms with E-state index in [1.165, 1.54) is 0 Å². The van der Waals surface area contributed by atoms with Gasteiger partial charge in [0, 0.05) is 29.3 Å². The van der Waals surface area contributed by atoms with Crippen LogP contribution in [0.4, 0.5) is 11.4 Å². The van der Waals surface area contributed by atoms with Gasteiger partial charge in [-0.2, -0.15) is 17.0 Å². The molecule has 0 bridgehead atoms. The van der Waals surface area contributed by atoms with Crippen molar-refractivity contribution in [2.75, 3.05) is 29.5 Å². The average Bonchev–Trinajstić information content (AvgIpc) is 2.27. The van der Waals surface area contributed by atoms with Crippen molar-refractivity contribution in [2.24, 2.45) is 0 Å². The normalized spacial score (nSPS) is 18.8. The summed E-state index contributed by atoms with van der Waals surface area (Å²) in [5, 5.41) is 9.17. The van der Waals surface area contributed by atoms with E-state index in [0.717, 1.165) is 24.5 Å². The molecule has 90 valence electrons. The van der Waals surface area contributed by atoms with E-state index in [0.29, 0.717) is 11.3 Å². The summed E-state index contributed by atoms with van der Waals surface area (Å²) in [4.78, 5) is 2.29. The van der Waals surface area contributed by atoms with Crippen molar-refractivity contribution >= 4 is 23.1 Å². The first-order valence-corrected chi connectivity index (χ1v) is 6.69. The summed E-state index contributed by atoms with van der Waals surface area (Å²) in [6.07, 6.45) is 0. The van der Waals surface area contributed by atoms with Crippen LogP contribution in [-0.4, -0.2) is 23.6 Å². The Kier molecular flexibility index (Phi) is 3.21. The molecule has 1 heterocycles. The molecular formula is C13H17N3S. The lowest BCUT2D eigenvalue weighted by atomic mass is 10.1. The molecule has 0 amide bonds. The first kappa shape index (κ1) is 12.1. The molecule has 3 nitrogen and oxygen atoms in total. The van der Waals surface area contributed by atoms with Gasteiger partial charge in [0.05, 0.1) is 11.3 Å². The molecule has 1 fully saturated rings. The van der Waals surface area contributed by atoms with Gasteiger partial charge in [-0.25, -0.2) is 0 Å². The van der Waals surface area contributed by atoms with E-state index in [2.05, 4.69) is 24.8 Å². The van der Waals surface area contributed by atoms with E-state index in [1.54, 1.807) is 6.07 Å². The minimum atomic E-state index is 0.242. The molecule has 1 aliphatic rings. The minimum absolute atomic E-state index is 0.242. The highest BCUT2D eigenvalue weighted by molar-refractivity contribution is 8.00. The molecule has 0 aliphatic carbocycles. The summed E-state index contributed by atoms with van der Waals surface area (Å²) in [5.41, 5.74) is 8.04. The fourth-order valence-corrected chi connectivity index (χ4v) is 3.25. The van der Waals surface area contributed by atoms with Crippen LogP contribution in [-0.2, 0) is 0 Å². The minimum Gasteiger partial charge on any atom is -0.399 e. The van der Waals surface area contributed by atoms with Gasteiger partial charge in [-0.15, -0.1) is 0 Å². The van der Waals surface area contributed by atoms with E-state index >= 15 is 0 Å². The second kappa shape index (κ2) is 4.50. The topological polar surface area (TPSA) is 53.0 Å². The highest BCUT2D eigenvalue weighted by atomic mass is 32.2. The number of nitrogens with zero attached hydrogens (tertiary/aromatic N) is 2. The number of nitrogens with two attached hydrogens (primary N) is 1.